The van der Waals surface area contributed by atoms with Crippen LogP contribution in [0.4, 0.5) is 4.79 Å². The van der Waals surface area contributed by atoms with Crippen molar-refractivity contribution in [3.63, 3.8) is 0 Å². The summed E-state index contributed by atoms with van der Waals surface area (Å²) in [5.74, 6) is 2.34. The number of fused-ring (bicyclic) bond motifs is 1. The van der Waals surface area contributed by atoms with Crippen LogP contribution in [0.25, 0.3) is 0 Å². The van der Waals surface area contributed by atoms with E-state index in [1.54, 1.807) is 12.0 Å². The predicted molar refractivity (Wildman–Crippen MR) is 108 cm³/mol. The fourth-order valence-electron chi connectivity index (χ4n) is 3.15. The van der Waals surface area contributed by atoms with Crippen molar-refractivity contribution in [1.82, 2.24) is 10.2 Å². The van der Waals surface area contributed by atoms with Gasteiger partial charge in [-0.1, -0.05) is 24.3 Å². The lowest BCUT2D eigenvalue weighted by atomic mass is 10.1. The Hall–Kier alpha value is -2.89. The highest BCUT2D eigenvalue weighted by Gasteiger charge is 2.24. The number of para-hydroxylation sites is 2. The highest BCUT2D eigenvalue weighted by molar-refractivity contribution is 5.74. The molecular weight excluding hydrogens is 356 g/mol. The van der Waals surface area contributed by atoms with Gasteiger partial charge in [0.25, 0.3) is 0 Å². The maximum atomic E-state index is 12.5. The number of hydrogen-bond donors (Lipinski definition) is 1. The molecular formula is C22H28N2O4. The van der Waals surface area contributed by atoms with Crippen molar-refractivity contribution in [2.45, 2.75) is 25.9 Å². The molecule has 28 heavy (non-hydrogen) atoms. The van der Waals surface area contributed by atoms with Crippen LogP contribution in [-0.2, 0) is 6.42 Å². The lowest BCUT2D eigenvalue weighted by Gasteiger charge is -2.31. The van der Waals surface area contributed by atoms with E-state index in [2.05, 4.69) is 17.4 Å². The van der Waals surface area contributed by atoms with E-state index in [9.17, 15) is 4.79 Å². The molecule has 1 aliphatic rings. The molecule has 1 unspecified atom stereocenters. The first-order valence-electron chi connectivity index (χ1n) is 9.73. The maximum absolute atomic E-state index is 12.5. The van der Waals surface area contributed by atoms with Gasteiger partial charge in [-0.15, -0.1) is 0 Å². The van der Waals surface area contributed by atoms with E-state index in [1.807, 2.05) is 43.3 Å². The van der Waals surface area contributed by atoms with Gasteiger partial charge in [0.05, 0.1) is 13.7 Å². The maximum Gasteiger partial charge on any atom is 0.317 e. The molecule has 150 valence electrons. The Morgan fingerprint density at radius 3 is 2.64 bits per heavy atom. The zero-order valence-corrected chi connectivity index (χ0v) is 16.5. The van der Waals surface area contributed by atoms with Crippen LogP contribution >= 0.6 is 0 Å². The molecule has 0 saturated heterocycles. The number of amides is 2. The molecule has 1 heterocycles. The first kappa shape index (κ1) is 19.9. The summed E-state index contributed by atoms with van der Waals surface area (Å²) in [6.45, 7) is 4.15. The Bertz CT molecular complexity index is 763. The Kier molecular flexibility index (Phi) is 7.00. The first-order valence-corrected chi connectivity index (χ1v) is 9.73. The minimum absolute atomic E-state index is 0.0697. The van der Waals surface area contributed by atoms with E-state index in [4.69, 9.17) is 14.2 Å². The molecule has 2 amide bonds. The summed E-state index contributed by atoms with van der Waals surface area (Å²) in [6, 6.07) is 15.6. The van der Waals surface area contributed by atoms with Gasteiger partial charge in [-0.2, -0.15) is 0 Å². The molecule has 1 atom stereocenters. The van der Waals surface area contributed by atoms with E-state index in [-0.39, 0.29) is 12.1 Å². The minimum atomic E-state index is -0.167. The molecule has 2 aromatic rings. The van der Waals surface area contributed by atoms with Crippen molar-refractivity contribution in [2.75, 3.05) is 33.4 Å². The molecule has 2 aromatic carbocycles. The van der Waals surface area contributed by atoms with Gasteiger partial charge in [0.1, 0.15) is 12.4 Å². The summed E-state index contributed by atoms with van der Waals surface area (Å²) in [7, 11) is 1.66. The van der Waals surface area contributed by atoms with Crippen molar-refractivity contribution in [1.29, 1.82) is 0 Å². The van der Waals surface area contributed by atoms with Gasteiger partial charge in [-0.05, 0) is 49.6 Å². The average molecular weight is 384 g/mol. The molecule has 0 saturated carbocycles. The highest BCUT2D eigenvalue weighted by atomic mass is 16.6. The molecule has 0 spiro atoms. The third-order valence-corrected chi connectivity index (χ3v) is 4.74. The number of benzene rings is 2. The van der Waals surface area contributed by atoms with Crippen LogP contribution in [-0.4, -0.2) is 50.4 Å². The van der Waals surface area contributed by atoms with E-state index in [0.717, 1.165) is 30.1 Å². The number of carbonyl (C=O) groups excluding carboxylic acids is 1. The molecule has 0 bridgehead atoms. The third-order valence-electron chi connectivity index (χ3n) is 4.74. The number of aryl methyl sites for hydroxylation is 1. The van der Waals surface area contributed by atoms with Gasteiger partial charge < -0.3 is 24.4 Å². The predicted octanol–water partition coefficient (Wildman–Crippen LogP) is 3.50. The number of likely N-dealkylation sites (N-methyl/N-ethyl adjacent to an activating group) is 1. The van der Waals surface area contributed by atoms with Crippen LogP contribution in [0.15, 0.2) is 48.5 Å². The molecule has 0 aliphatic carbocycles. The summed E-state index contributed by atoms with van der Waals surface area (Å²) in [5.41, 5.74) is 1.23. The number of methoxy groups -OCH3 is 1. The topological polar surface area (TPSA) is 60.0 Å². The monoisotopic (exact) mass is 384 g/mol. The van der Waals surface area contributed by atoms with E-state index in [1.165, 1.54) is 5.56 Å². The molecule has 1 N–H and O–H groups in total. The van der Waals surface area contributed by atoms with E-state index in [0.29, 0.717) is 26.2 Å². The van der Waals surface area contributed by atoms with E-state index >= 15 is 0 Å². The second-order valence-electron chi connectivity index (χ2n) is 6.72. The fraction of sp³-hybridized carbons (Fsp3) is 0.409. The van der Waals surface area contributed by atoms with Crippen molar-refractivity contribution < 1.29 is 19.0 Å². The molecule has 0 aromatic heterocycles. The first-order chi connectivity index (χ1) is 13.7. The summed E-state index contributed by atoms with van der Waals surface area (Å²) < 4.78 is 16.9. The number of urea groups is 1. The smallest absolute Gasteiger partial charge is 0.317 e. The second-order valence-corrected chi connectivity index (χ2v) is 6.72. The van der Waals surface area contributed by atoms with Crippen LogP contribution in [0, 0.1) is 0 Å². The summed E-state index contributed by atoms with van der Waals surface area (Å²) in [6.07, 6.45) is 1.62. The summed E-state index contributed by atoms with van der Waals surface area (Å²) >= 11 is 0. The van der Waals surface area contributed by atoms with Gasteiger partial charge in [-0.3, -0.25) is 0 Å². The van der Waals surface area contributed by atoms with Crippen LogP contribution in [0.3, 0.4) is 0 Å². The number of rotatable bonds is 8. The standard InChI is InChI=1S/C22H28N2O4/c1-3-24(15-19-16-27-20-8-4-5-9-21(20)28-19)22(25)23-14-6-7-17-10-12-18(26-2)13-11-17/h4-5,8-13,19H,3,6-7,14-16H2,1-2H3,(H,23,25). The fourth-order valence-corrected chi connectivity index (χ4v) is 3.15. The molecule has 1 aliphatic heterocycles. The van der Waals surface area contributed by atoms with Crippen LogP contribution < -0.4 is 19.5 Å². The van der Waals surface area contributed by atoms with Crippen molar-refractivity contribution >= 4 is 6.03 Å². The van der Waals surface area contributed by atoms with Crippen molar-refractivity contribution in [3.05, 3.63) is 54.1 Å². The largest absolute Gasteiger partial charge is 0.497 e. The van der Waals surface area contributed by atoms with Crippen LogP contribution in [0.5, 0.6) is 17.2 Å². The SMILES string of the molecule is CCN(CC1COc2ccccc2O1)C(=O)NCCCc1ccc(OC)cc1. The van der Waals surface area contributed by atoms with Gasteiger partial charge in [-0.25, -0.2) is 4.79 Å². The molecule has 0 radical (unpaired) electrons. The van der Waals surface area contributed by atoms with Crippen LogP contribution in [0.2, 0.25) is 0 Å². The highest BCUT2D eigenvalue weighted by Crippen LogP contribution is 2.31. The van der Waals surface area contributed by atoms with E-state index < -0.39 is 0 Å². The second kappa shape index (κ2) is 9.88. The molecule has 0 fully saturated rings. The van der Waals surface area contributed by atoms with Crippen molar-refractivity contribution in [3.8, 4) is 17.2 Å². The Morgan fingerprint density at radius 1 is 1.18 bits per heavy atom. The lowest BCUT2D eigenvalue weighted by Crippen LogP contribution is -2.47. The van der Waals surface area contributed by atoms with Gasteiger partial charge in [0.15, 0.2) is 17.6 Å². The zero-order valence-electron chi connectivity index (χ0n) is 16.5. The number of hydrogen-bond acceptors (Lipinski definition) is 4. The van der Waals surface area contributed by atoms with Crippen LogP contribution in [0.1, 0.15) is 18.9 Å². The lowest BCUT2D eigenvalue weighted by molar-refractivity contribution is 0.0675. The number of nitrogens with zero attached hydrogens (tertiary/aromatic N) is 1. The minimum Gasteiger partial charge on any atom is -0.497 e. The number of nitrogens with one attached hydrogen (secondary N) is 1. The van der Waals surface area contributed by atoms with Gasteiger partial charge in [0.2, 0.25) is 0 Å². The van der Waals surface area contributed by atoms with Gasteiger partial charge in [0, 0.05) is 13.1 Å². The summed E-state index contributed by atoms with van der Waals surface area (Å²) in [4.78, 5) is 14.2. The Morgan fingerprint density at radius 2 is 1.93 bits per heavy atom. The molecule has 3 rings (SSSR count). The molecule has 6 heteroatoms. The normalized spacial score (nSPS) is 15.0. The average Bonchev–Trinajstić information content (AvgIpc) is 2.75. The van der Waals surface area contributed by atoms with Crippen molar-refractivity contribution in [2.24, 2.45) is 0 Å². The summed E-state index contributed by atoms with van der Waals surface area (Å²) in [5, 5.41) is 3.00. The number of ether oxygens (including phenoxy) is 3. The Balaban J connectivity index is 1.41. The Labute approximate surface area is 166 Å². The molecule has 6 nitrogen and oxygen atoms in total. The quantitative estimate of drug-likeness (QED) is 0.708. The third kappa shape index (κ3) is 5.31. The number of carbonyl (C=O) groups is 1. The van der Waals surface area contributed by atoms with Gasteiger partial charge >= 0.3 is 6.03 Å². The zero-order chi connectivity index (χ0) is 19.8.